The van der Waals surface area contributed by atoms with Crippen molar-refractivity contribution in [1.29, 1.82) is 0 Å². The van der Waals surface area contributed by atoms with Gasteiger partial charge < -0.3 is 15.0 Å². The minimum Gasteiger partial charge on any atom is -0.442 e. The van der Waals surface area contributed by atoms with E-state index in [2.05, 4.69) is 30.9 Å². The maximum absolute atomic E-state index is 11.6. The summed E-state index contributed by atoms with van der Waals surface area (Å²) in [7, 11) is 0. The van der Waals surface area contributed by atoms with Gasteiger partial charge in [-0.1, -0.05) is 5.16 Å². The third-order valence-electron chi connectivity index (χ3n) is 2.05. The van der Waals surface area contributed by atoms with Crippen molar-refractivity contribution in [2.24, 2.45) is 10.9 Å². The lowest BCUT2D eigenvalue weighted by Gasteiger charge is -1.98. The third-order valence-corrected chi connectivity index (χ3v) is 3.44. The molecule has 7 nitrogen and oxygen atoms in total. The largest absolute Gasteiger partial charge is 0.442 e. The van der Waals surface area contributed by atoms with Crippen LogP contribution >= 0.6 is 27.3 Å². The Hall–Kier alpha value is -2.00. The molecule has 104 valence electrons. The summed E-state index contributed by atoms with van der Waals surface area (Å²) in [5, 5.41) is 5.46. The van der Waals surface area contributed by atoms with Crippen molar-refractivity contribution >= 4 is 44.9 Å². The zero-order chi connectivity index (χ0) is 14.7. The SMILES string of the molecule is Cc1csc(C(=NOC(=O)c2ccc(Br)o2)C(N)=O)n1. The van der Waals surface area contributed by atoms with Gasteiger partial charge in [-0.15, -0.1) is 11.3 Å². The quantitative estimate of drug-likeness (QED) is 0.510. The fourth-order valence-corrected chi connectivity index (χ4v) is 2.30. The van der Waals surface area contributed by atoms with E-state index in [4.69, 9.17) is 10.2 Å². The predicted octanol–water partition coefficient (Wildman–Crippen LogP) is 1.85. The molecule has 2 heterocycles. The van der Waals surface area contributed by atoms with Gasteiger partial charge in [-0.05, 0) is 35.0 Å². The summed E-state index contributed by atoms with van der Waals surface area (Å²) >= 11 is 4.22. The molecule has 0 atom stereocenters. The summed E-state index contributed by atoms with van der Waals surface area (Å²) in [5.41, 5.74) is 5.67. The number of nitrogens with zero attached hydrogens (tertiary/aromatic N) is 2. The molecule has 0 aliphatic heterocycles. The van der Waals surface area contributed by atoms with Crippen molar-refractivity contribution in [3.05, 3.63) is 38.6 Å². The van der Waals surface area contributed by atoms with E-state index in [0.29, 0.717) is 10.4 Å². The molecule has 1 amide bonds. The number of aromatic nitrogens is 1. The lowest BCUT2D eigenvalue weighted by Crippen LogP contribution is -2.25. The second-order valence-corrected chi connectivity index (χ2v) is 5.22. The molecule has 20 heavy (non-hydrogen) atoms. The maximum atomic E-state index is 11.6. The monoisotopic (exact) mass is 357 g/mol. The van der Waals surface area contributed by atoms with E-state index in [-0.39, 0.29) is 16.5 Å². The highest BCUT2D eigenvalue weighted by Gasteiger charge is 2.18. The maximum Gasteiger partial charge on any atom is 0.400 e. The molecule has 0 saturated carbocycles. The van der Waals surface area contributed by atoms with Gasteiger partial charge in [0.25, 0.3) is 5.91 Å². The van der Waals surface area contributed by atoms with Gasteiger partial charge in [0.1, 0.15) is 0 Å². The molecule has 0 radical (unpaired) electrons. The average Bonchev–Trinajstić information content (AvgIpc) is 2.98. The number of halogens is 1. The first-order valence-electron chi connectivity index (χ1n) is 5.24. The number of primary amides is 1. The standard InChI is InChI=1S/C11H8BrN3O4S/c1-5-4-20-10(14-5)8(9(13)16)15-19-11(17)6-2-3-7(12)18-6/h2-4H,1H3,(H2,13,16). The number of rotatable bonds is 4. The van der Waals surface area contributed by atoms with Gasteiger partial charge >= 0.3 is 5.97 Å². The molecular weight excluding hydrogens is 350 g/mol. The van der Waals surface area contributed by atoms with Crippen LogP contribution in [-0.2, 0) is 9.63 Å². The molecule has 0 spiro atoms. The Bertz CT molecular complexity index is 691. The summed E-state index contributed by atoms with van der Waals surface area (Å²) in [6.45, 7) is 1.75. The van der Waals surface area contributed by atoms with Gasteiger partial charge in [0.15, 0.2) is 9.68 Å². The number of carbonyl (C=O) groups is 2. The van der Waals surface area contributed by atoms with Gasteiger partial charge in [-0.3, -0.25) is 4.79 Å². The summed E-state index contributed by atoms with van der Waals surface area (Å²) in [5.74, 6) is -1.74. The number of thiazole rings is 1. The lowest BCUT2D eigenvalue weighted by atomic mass is 10.4. The molecule has 2 aromatic heterocycles. The highest BCUT2D eigenvalue weighted by molar-refractivity contribution is 9.10. The van der Waals surface area contributed by atoms with Crippen molar-refractivity contribution in [3.63, 3.8) is 0 Å². The Morgan fingerprint density at radius 1 is 1.50 bits per heavy atom. The highest BCUT2D eigenvalue weighted by Crippen LogP contribution is 2.15. The number of amides is 1. The van der Waals surface area contributed by atoms with Crippen LogP contribution in [0.4, 0.5) is 0 Å². The Labute approximate surface area is 125 Å². The number of oxime groups is 1. The number of aryl methyl sites for hydroxylation is 1. The van der Waals surface area contributed by atoms with E-state index in [1.807, 2.05) is 0 Å². The zero-order valence-electron chi connectivity index (χ0n) is 10.1. The van der Waals surface area contributed by atoms with Crippen molar-refractivity contribution < 1.29 is 18.8 Å². The Kier molecular flexibility index (Phi) is 4.30. The first-order chi connectivity index (χ1) is 9.47. The average molecular weight is 358 g/mol. The summed E-state index contributed by atoms with van der Waals surface area (Å²) in [4.78, 5) is 31.6. The molecule has 2 aromatic rings. The Morgan fingerprint density at radius 2 is 2.25 bits per heavy atom. The van der Waals surface area contributed by atoms with Crippen LogP contribution in [0, 0.1) is 6.92 Å². The predicted molar refractivity (Wildman–Crippen MR) is 74.4 cm³/mol. The molecule has 9 heteroatoms. The first-order valence-corrected chi connectivity index (χ1v) is 6.91. The topological polar surface area (TPSA) is 108 Å². The molecule has 2 N–H and O–H groups in total. The van der Waals surface area contributed by atoms with Gasteiger partial charge in [0.2, 0.25) is 11.5 Å². The van der Waals surface area contributed by atoms with Crippen LogP contribution in [0.5, 0.6) is 0 Å². The zero-order valence-corrected chi connectivity index (χ0v) is 12.5. The van der Waals surface area contributed by atoms with Crippen LogP contribution in [0.2, 0.25) is 0 Å². The molecule has 0 bridgehead atoms. The number of carbonyl (C=O) groups excluding carboxylic acids is 2. The fraction of sp³-hybridized carbons (Fsp3) is 0.0909. The van der Waals surface area contributed by atoms with Crippen molar-refractivity contribution in [2.45, 2.75) is 6.92 Å². The van der Waals surface area contributed by atoms with Gasteiger partial charge in [0.05, 0.1) is 0 Å². The first kappa shape index (κ1) is 14.4. The molecule has 0 fully saturated rings. The van der Waals surface area contributed by atoms with E-state index >= 15 is 0 Å². The third kappa shape index (κ3) is 3.31. The highest BCUT2D eigenvalue weighted by atomic mass is 79.9. The number of nitrogens with two attached hydrogens (primary N) is 1. The van der Waals surface area contributed by atoms with E-state index in [0.717, 1.165) is 0 Å². The number of hydrogen-bond donors (Lipinski definition) is 1. The number of furan rings is 1. The van der Waals surface area contributed by atoms with E-state index in [9.17, 15) is 9.59 Å². The Morgan fingerprint density at radius 3 is 2.75 bits per heavy atom. The van der Waals surface area contributed by atoms with E-state index in [1.165, 1.54) is 23.5 Å². The van der Waals surface area contributed by atoms with Crippen LogP contribution in [-0.4, -0.2) is 22.6 Å². The number of hydrogen-bond acceptors (Lipinski definition) is 7. The van der Waals surface area contributed by atoms with Crippen molar-refractivity contribution in [1.82, 2.24) is 4.98 Å². The van der Waals surface area contributed by atoms with Crippen molar-refractivity contribution in [2.75, 3.05) is 0 Å². The molecule has 2 rings (SSSR count). The van der Waals surface area contributed by atoms with Crippen LogP contribution in [0.3, 0.4) is 0 Å². The molecule has 0 saturated heterocycles. The minimum absolute atomic E-state index is 0.0558. The van der Waals surface area contributed by atoms with E-state index < -0.39 is 11.9 Å². The normalized spacial score (nSPS) is 11.4. The summed E-state index contributed by atoms with van der Waals surface area (Å²) < 4.78 is 5.37. The van der Waals surface area contributed by atoms with Crippen LogP contribution in [0.25, 0.3) is 0 Å². The second-order valence-electron chi connectivity index (χ2n) is 3.58. The fourth-order valence-electron chi connectivity index (χ4n) is 1.21. The van der Waals surface area contributed by atoms with Crippen molar-refractivity contribution in [3.8, 4) is 0 Å². The minimum atomic E-state index is -0.845. The van der Waals surface area contributed by atoms with Crippen LogP contribution in [0.1, 0.15) is 21.3 Å². The second kappa shape index (κ2) is 5.97. The van der Waals surface area contributed by atoms with Crippen LogP contribution in [0.15, 0.2) is 31.8 Å². The lowest BCUT2D eigenvalue weighted by molar-refractivity contribution is -0.112. The molecular formula is C11H8BrN3O4S. The van der Waals surface area contributed by atoms with Gasteiger partial charge in [0, 0.05) is 11.1 Å². The molecule has 0 aliphatic carbocycles. The van der Waals surface area contributed by atoms with Crippen LogP contribution < -0.4 is 5.73 Å². The molecule has 0 aromatic carbocycles. The molecule has 0 unspecified atom stereocenters. The molecule has 0 aliphatic rings. The smallest absolute Gasteiger partial charge is 0.400 e. The Balaban J connectivity index is 2.18. The van der Waals surface area contributed by atoms with E-state index in [1.54, 1.807) is 12.3 Å². The van der Waals surface area contributed by atoms with Gasteiger partial charge in [-0.2, -0.15) is 0 Å². The van der Waals surface area contributed by atoms with Gasteiger partial charge in [-0.25, -0.2) is 9.78 Å². The summed E-state index contributed by atoms with van der Waals surface area (Å²) in [6.07, 6.45) is 0. The summed E-state index contributed by atoms with van der Waals surface area (Å²) in [6, 6.07) is 2.93.